The van der Waals surface area contributed by atoms with E-state index in [2.05, 4.69) is 5.32 Å². The summed E-state index contributed by atoms with van der Waals surface area (Å²) >= 11 is 0. The third-order valence-electron chi connectivity index (χ3n) is 3.08. The lowest BCUT2D eigenvalue weighted by molar-refractivity contribution is -0.136. The highest BCUT2D eigenvalue weighted by Crippen LogP contribution is 2.19. The molecule has 1 aliphatic heterocycles. The van der Waals surface area contributed by atoms with E-state index in [4.69, 9.17) is 4.74 Å². The van der Waals surface area contributed by atoms with Crippen molar-refractivity contribution in [3.8, 4) is 0 Å². The molecule has 6 nitrogen and oxygen atoms in total. The maximum absolute atomic E-state index is 12.0. The molecule has 2 amide bonds. The summed E-state index contributed by atoms with van der Waals surface area (Å²) in [5.74, 6) is -0.159. The average molecular weight is 284 g/mol. The fourth-order valence-corrected chi connectivity index (χ4v) is 2.20. The van der Waals surface area contributed by atoms with Crippen LogP contribution in [0.25, 0.3) is 0 Å². The second-order valence-corrected chi connectivity index (χ2v) is 5.92. The predicted octanol–water partition coefficient (Wildman–Crippen LogP) is 1.48. The first kappa shape index (κ1) is 16.5. The van der Waals surface area contributed by atoms with E-state index < -0.39 is 11.7 Å². The Hall–Kier alpha value is -1.59. The monoisotopic (exact) mass is 284 g/mol. The van der Waals surface area contributed by atoms with Gasteiger partial charge in [-0.3, -0.25) is 9.59 Å². The van der Waals surface area contributed by atoms with Gasteiger partial charge in [0.25, 0.3) is 0 Å². The van der Waals surface area contributed by atoms with Crippen LogP contribution in [0.5, 0.6) is 0 Å². The van der Waals surface area contributed by atoms with E-state index in [0.29, 0.717) is 19.4 Å². The van der Waals surface area contributed by atoms with Crippen LogP contribution in [0.4, 0.5) is 4.79 Å². The van der Waals surface area contributed by atoms with E-state index >= 15 is 0 Å². The number of carbonyl (C=O) groups is 3. The minimum atomic E-state index is -0.622. The summed E-state index contributed by atoms with van der Waals surface area (Å²) in [5.41, 5.74) is -0.596. The van der Waals surface area contributed by atoms with Gasteiger partial charge in [0, 0.05) is 13.0 Å². The molecule has 0 aromatic carbocycles. The number of hydrogen-bond donors (Lipinski definition) is 1. The molecule has 0 spiro atoms. The number of amides is 2. The molecule has 114 valence electrons. The molecule has 1 saturated heterocycles. The van der Waals surface area contributed by atoms with Gasteiger partial charge in [-0.2, -0.15) is 0 Å². The van der Waals surface area contributed by atoms with Crippen LogP contribution in [0.2, 0.25) is 0 Å². The summed E-state index contributed by atoms with van der Waals surface area (Å²) < 4.78 is 5.06. The molecule has 0 radical (unpaired) electrons. The van der Waals surface area contributed by atoms with Crippen molar-refractivity contribution in [3.63, 3.8) is 0 Å². The van der Waals surface area contributed by atoms with Gasteiger partial charge in [-0.1, -0.05) is 6.92 Å². The number of ketones is 1. The molecule has 0 bridgehead atoms. The Kier molecular flexibility index (Phi) is 5.53. The van der Waals surface area contributed by atoms with E-state index in [1.165, 1.54) is 0 Å². The molecule has 0 aromatic heterocycles. The number of nitrogens with one attached hydrogen (secondary N) is 1. The largest absolute Gasteiger partial charge is 0.444 e. The van der Waals surface area contributed by atoms with Crippen molar-refractivity contribution in [1.29, 1.82) is 0 Å². The van der Waals surface area contributed by atoms with Crippen molar-refractivity contribution in [2.24, 2.45) is 0 Å². The highest BCUT2D eigenvalue weighted by Gasteiger charge is 2.32. The minimum Gasteiger partial charge on any atom is -0.444 e. The summed E-state index contributed by atoms with van der Waals surface area (Å²) in [7, 11) is 0. The van der Waals surface area contributed by atoms with Crippen LogP contribution in [0.15, 0.2) is 0 Å². The van der Waals surface area contributed by atoms with Crippen molar-refractivity contribution < 1.29 is 19.1 Å². The summed E-state index contributed by atoms with van der Waals surface area (Å²) in [6.07, 6.45) is 1.34. The molecule has 1 unspecified atom stereocenters. The number of Topliss-reactive ketones (excluding diaryl/α,β-unsaturated/α-hetero) is 1. The van der Waals surface area contributed by atoms with Crippen molar-refractivity contribution in [1.82, 2.24) is 10.2 Å². The average Bonchev–Trinajstić information content (AvgIpc) is 2.82. The third-order valence-corrected chi connectivity index (χ3v) is 3.08. The molecular weight excluding hydrogens is 260 g/mol. The first-order valence-corrected chi connectivity index (χ1v) is 7.03. The number of likely N-dealkylation sites (tertiary alicyclic amines) is 1. The van der Waals surface area contributed by atoms with Crippen molar-refractivity contribution in [2.45, 2.75) is 58.6 Å². The lowest BCUT2D eigenvalue weighted by atomic mass is 10.1. The smallest absolute Gasteiger partial charge is 0.408 e. The van der Waals surface area contributed by atoms with Gasteiger partial charge in [0.05, 0.1) is 6.04 Å². The lowest BCUT2D eigenvalue weighted by Gasteiger charge is -2.24. The normalized spacial score (nSPS) is 18.8. The Balaban J connectivity index is 2.46. The number of rotatable bonds is 4. The SMILES string of the molecule is CCC(=O)C1CCCN1C(=O)CNC(=O)OC(C)(C)C. The highest BCUT2D eigenvalue weighted by molar-refractivity contribution is 5.90. The Bertz CT molecular complexity index is 387. The maximum atomic E-state index is 12.0. The topological polar surface area (TPSA) is 75.7 Å². The zero-order valence-electron chi connectivity index (χ0n) is 12.7. The van der Waals surface area contributed by atoms with Gasteiger partial charge in [-0.05, 0) is 33.6 Å². The number of alkyl carbamates (subject to hydrolysis) is 1. The van der Waals surface area contributed by atoms with Crippen LogP contribution in [0.3, 0.4) is 0 Å². The van der Waals surface area contributed by atoms with Crippen LogP contribution >= 0.6 is 0 Å². The number of hydrogen-bond acceptors (Lipinski definition) is 4. The molecule has 1 N–H and O–H groups in total. The molecule has 1 heterocycles. The van der Waals surface area contributed by atoms with Gasteiger partial charge >= 0.3 is 6.09 Å². The van der Waals surface area contributed by atoms with Gasteiger partial charge in [-0.15, -0.1) is 0 Å². The fraction of sp³-hybridized carbons (Fsp3) is 0.786. The van der Waals surface area contributed by atoms with Gasteiger partial charge in [0.2, 0.25) is 5.91 Å². The van der Waals surface area contributed by atoms with Crippen LogP contribution in [-0.4, -0.2) is 47.4 Å². The molecule has 1 aliphatic rings. The maximum Gasteiger partial charge on any atom is 0.408 e. The number of nitrogens with zero attached hydrogens (tertiary/aromatic N) is 1. The molecule has 6 heteroatoms. The van der Waals surface area contributed by atoms with Crippen LogP contribution in [0, 0.1) is 0 Å². The highest BCUT2D eigenvalue weighted by atomic mass is 16.6. The molecular formula is C14H24N2O4. The predicted molar refractivity (Wildman–Crippen MR) is 74.3 cm³/mol. The van der Waals surface area contributed by atoms with Gasteiger partial charge < -0.3 is 15.0 Å². The first-order valence-electron chi connectivity index (χ1n) is 7.03. The van der Waals surface area contributed by atoms with Gasteiger partial charge in [0.15, 0.2) is 5.78 Å². The van der Waals surface area contributed by atoms with Crippen molar-refractivity contribution >= 4 is 17.8 Å². The fourth-order valence-electron chi connectivity index (χ4n) is 2.20. The van der Waals surface area contributed by atoms with E-state index in [-0.39, 0.29) is 24.3 Å². The zero-order valence-corrected chi connectivity index (χ0v) is 12.7. The molecule has 0 saturated carbocycles. The summed E-state index contributed by atoms with van der Waals surface area (Å²) in [6.45, 7) is 7.50. The second kappa shape index (κ2) is 6.72. The molecule has 20 heavy (non-hydrogen) atoms. The Labute approximate surface area is 119 Å². The van der Waals surface area contributed by atoms with Gasteiger partial charge in [0.1, 0.15) is 12.1 Å². The Morgan fingerprint density at radius 2 is 1.95 bits per heavy atom. The lowest BCUT2D eigenvalue weighted by Crippen LogP contribution is -2.46. The molecule has 0 aliphatic carbocycles. The molecule has 1 rings (SSSR count). The summed E-state index contributed by atoms with van der Waals surface area (Å²) in [5, 5.41) is 2.43. The van der Waals surface area contributed by atoms with E-state index in [0.717, 1.165) is 6.42 Å². The molecule has 0 aromatic rings. The Morgan fingerprint density at radius 3 is 2.50 bits per heavy atom. The zero-order chi connectivity index (χ0) is 15.3. The summed E-state index contributed by atoms with van der Waals surface area (Å²) in [6, 6.07) is -0.326. The Morgan fingerprint density at radius 1 is 1.30 bits per heavy atom. The number of carbonyl (C=O) groups excluding carboxylic acids is 3. The van der Waals surface area contributed by atoms with E-state index in [9.17, 15) is 14.4 Å². The third kappa shape index (κ3) is 4.83. The van der Waals surface area contributed by atoms with Crippen molar-refractivity contribution in [2.75, 3.05) is 13.1 Å². The van der Waals surface area contributed by atoms with E-state index in [1.807, 2.05) is 0 Å². The minimum absolute atomic E-state index is 0.0770. The van der Waals surface area contributed by atoms with Crippen LogP contribution in [0.1, 0.15) is 47.0 Å². The van der Waals surface area contributed by atoms with Crippen LogP contribution < -0.4 is 5.32 Å². The number of ether oxygens (including phenoxy) is 1. The van der Waals surface area contributed by atoms with Crippen molar-refractivity contribution in [3.05, 3.63) is 0 Å². The molecule has 1 atom stereocenters. The second-order valence-electron chi connectivity index (χ2n) is 5.92. The first-order chi connectivity index (χ1) is 9.24. The quantitative estimate of drug-likeness (QED) is 0.848. The van der Waals surface area contributed by atoms with E-state index in [1.54, 1.807) is 32.6 Å². The standard InChI is InChI=1S/C14H24N2O4/c1-5-11(17)10-7-6-8-16(10)12(18)9-15-13(19)20-14(2,3)4/h10H,5-9H2,1-4H3,(H,15,19). The van der Waals surface area contributed by atoms with Gasteiger partial charge in [-0.25, -0.2) is 4.79 Å². The molecule has 1 fully saturated rings. The summed E-state index contributed by atoms with van der Waals surface area (Å²) in [4.78, 5) is 36.8. The van der Waals surface area contributed by atoms with Crippen LogP contribution in [-0.2, 0) is 14.3 Å².